The Kier molecular flexibility index (Phi) is 1.45. The van der Waals surface area contributed by atoms with Crippen molar-refractivity contribution in [3.05, 3.63) is 23.8 Å². The van der Waals surface area contributed by atoms with E-state index in [0.29, 0.717) is 11.5 Å². The Morgan fingerprint density at radius 3 is 2.42 bits per heavy atom. The van der Waals surface area contributed by atoms with Gasteiger partial charge in [-0.2, -0.15) is 8.78 Å². The van der Waals surface area contributed by atoms with Crippen LogP contribution in [0.5, 0.6) is 0 Å². The van der Waals surface area contributed by atoms with E-state index in [0.717, 1.165) is 6.42 Å². The molecule has 2 aliphatic carbocycles. The number of rotatable bonds is 0. The molecular weight excluding hydrogens is 158 g/mol. The molecule has 2 atom stereocenters. The number of allylic oxidation sites excluding steroid dienone is 3. The molecule has 1 fully saturated rings. The first kappa shape index (κ1) is 7.96. The summed E-state index contributed by atoms with van der Waals surface area (Å²) in [6.45, 7) is 3.82. The minimum Gasteiger partial charge on any atom is -0.173 e. The van der Waals surface area contributed by atoms with Gasteiger partial charge in [0, 0.05) is 11.5 Å². The minimum absolute atomic E-state index is 0.0231. The first-order valence-corrected chi connectivity index (χ1v) is 4.27. The molecule has 0 aromatic rings. The van der Waals surface area contributed by atoms with Gasteiger partial charge >= 0.3 is 0 Å². The van der Waals surface area contributed by atoms with E-state index in [1.54, 1.807) is 0 Å². The summed E-state index contributed by atoms with van der Waals surface area (Å²) < 4.78 is 25.1. The molecular formula is C10H12F2. The van der Waals surface area contributed by atoms with Gasteiger partial charge in [0.1, 0.15) is 0 Å². The minimum atomic E-state index is -1.46. The molecule has 0 saturated heterocycles. The highest BCUT2D eigenvalue weighted by Crippen LogP contribution is 2.56. The fraction of sp³-hybridized carbons (Fsp3) is 0.600. The molecule has 12 heavy (non-hydrogen) atoms. The van der Waals surface area contributed by atoms with Crippen LogP contribution in [-0.2, 0) is 0 Å². The van der Waals surface area contributed by atoms with Crippen LogP contribution in [-0.4, -0.2) is 0 Å². The maximum Gasteiger partial charge on any atom is 0.270 e. The summed E-state index contributed by atoms with van der Waals surface area (Å²) in [5, 5.41) is 0. The topological polar surface area (TPSA) is 0 Å². The Hall–Kier alpha value is -0.660. The Morgan fingerprint density at radius 2 is 2.08 bits per heavy atom. The number of halogens is 2. The van der Waals surface area contributed by atoms with Gasteiger partial charge in [0.25, 0.3) is 6.08 Å². The third-order valence-corrected chi connectivity index (χ3v) is 3.28. The fourth-order valence-corrected chi connectivity index (χ4v) is 2.51. The molecule has 66 valence electrons. The Bertz CT molecular complexity index is 270. The van der Waals surface area contributed by atoms with Gasteiger partial charge in [0.2, 0.25) is 0 Å². The first-order chi connectivity index (χ1) is 5.53. The first-order valence-electron chi connectivity index (χ1n) is 4.27. The summed E-state index contributed by atoms with van der Waals surface area (Å²) in [7, 11) is 0. The molecule has 0 aliphatic heterocycles. The van der Waals surface area contributed by atoms with Crippen molar-refractivity contribution in [1.82, 2.24) is 0 Å². The van der Waals surface area contributed by atoms with Crippen molar-refractivity contribution in [2.75, 3.05) is 0 Å². The van der Waals surface area contributed by atoms with Crippen molar-refractivity contribution in [2.24, 2.45) is 17.3 Å². The van der Waals surface area contributed by atoms with Crippen molar-refractivity contribution in [3.8, 4) is 0 Å². The molecule has 0 heterocycles. The van der Waals surface area contributed by atoms with Crippen LogP contribution < -0.4 is 0 Å². The molecule has 2 heteroatoms. The maximum absolute atomic E-state index is 12.5. The Morgan fingerprint density at radius 1 is 1.42 bits per heavy atom. The fourth-order valence-electron chi connectivity index (χ4n) is 2.51. The van der Waals surface area contributed by atoms with Crippen molar-refractivity contribution in [1.29, 1.82) is 0 Å². The zero-order valence-corrected chi connectivity index (χ0v) is 7.27. The Labute approximate surface area is 71.0 Å². The molecule has 2 aliphatic rings. The monoisotopic (exact) mass is 170 g/mol. The second kappa shape index (κ2) is 2.18. The molecule has 0 N–H and O–H groups in total. The van der Waals surface area contributed by atoms with E-state index in [4.69, 9.17) is 0 Å². The van der Waals surface area contributed by atoms with Crippen LogP contribution in [0.2, 0.25) is 0 Å². The largest absolute Gasteiger partial charge is 0.270 e. The summed E-state index contributed by atoms with van der Waals surface area (Å²) in [6, 6.07) is 0. The highest BCUT2D eigenvalue weighted by Gasteiger charge is 2.48. The predicted molar refractivity (Wildman–Crippen MR) is 43.8 cm³/mol. The second-order valence-electron chi connectivity index (χ2n) is 4.23. The highest BCUT2D eigenvalue weighted by molar-refractivity contribution is 5.34. The molecule has 0 amide bonds. The molecule has 0 nitrogen and oxygen atoms in total. The molecule has 2 rings (SSSR count). The highest BCUT2D eigenvalue weighted by atomic mass is 19.3. The van der Waals surface area contributed by atoms with Crippen LogP contribution in [0.4, 0.5) is 8.78 Å². The summed E-state index contributed by atoms with van der Waals surface area (Å²) in [4.78, 5) is 0. The summed E-state index contributed by atoms with van der Waals surface area (Å²) in [6.07, 6.45) is 3.43. The van der Waals surface area contributed by atoms with Crippen LogP contribution in [0, 0.1) is 17.3 Å². The predicted octanol–water partition coefficient (Wildman–Crippen LogP) is 3.37. The molecule has 0 spiro atoms. The van der Waals surface area contributed by atoms with Crippen molar-refractivity contribution >= 4 is 0 Å². The lowest BCUT2D eigenvalue weighted by Crippen LogP contribution is -2.20. The lowest BCUT2D eigenvalue weighted by atomic mass is 9.76. The van der Waals surface area contributed by atoms with Gasteiger partial charge in [-0.15, -0.1) is 0 Å². The van der Waals surface area contributed by atoms with Crippen molar-refractivity contribution in [3.63, 3.8) is 0 Å². The average molecular weight is 170 g/mol. The molecule has 0 radical (unpaired) electrons. The van der Waals surface area contributed by atoms with Gasteiger partial charge in [0.05, 0.1) is 0 Å². The Balaban J connectivity index is 2.50. The van der Waals surface area contributed by atoms with E-state index in [2.05, 4.69) is 6.08 Å². The van der Waals surface area contributed by atoms with Crippen molar-refractivity contribution < 1.29 is 8.78 Å². The van der Waals surface area contributed by atoms with Crippen LogP contribution in [0.3, 0.4) is 0 Å². The second-order valence-corrected chi connectivity index (χ2v) is 4.23. The standard InChI is InChI=1S/C10H12F2/c1-10(2)7-4-3-6(5-7)8(10)9(11)12/h3-4,6-7H,5H2,1-2H3. The van der Waals surface area contributed by atoms with E-state index < -0.39 is 6.08 Å². The SMILES string of the molecule is CC1(C)C(=C(F)F)C2C=CC1C2. The molecule has 0 aromatic heterocycles. The van der Waals surface area contributed by atoms with Gasteiger partial charge in [0.15, 0.2) is 0 Å². The summed E-state index contributed by atoms with van der Waals surface area (Å²) in [5.41, 5.74) is 0.0631. The number of hydrogen-bond donors (Lipinski definition) is 0. The lowest BCUT2D eigenvalue weighted by molar-refractivity contribution is 0.325. The van der Waals surface area contributed by atoms with E-state index >= 15 is 0 Å². The zero-order chi connectivity index (χ0) is 8.93. The summed E-state index contributed by atoms with van der Waals surface area (Å²) >= 11 is 0. The number of hydrogen-bond acceptors (Lipinski definition) is 0. The maximum atomic E-state index is 12.5. The van der Waals surface area contributed by atoms with Gasteiger partial charge in [-0.3, -0.25) is 0 Å². The van der Waals surface area contributed by atoms with Gasteiger partial charge < -0.3 is 0 Å². The third-order valence-electron chi connectivity index (χ3n) is 3.28. The average Bonchev–Trinajstić information content (AvgIpc) is 2.41. The molecule has 1 saturated carbocycles. The van der Waals surface area contributed by atoms with Gasteiger partial charge in [-0.25, -0.2) is 0 Å². The van der Waals surface area contributed by atoms with Gasteiger partial charge in [-0.1, -0.05) is 26.0 Å². The number of fused-ring (bicyclic) bond motifs is 2. The van der Waals surface area contributed by atoms with E-state index in [1.807, 2.05) is 19.9 Å². The van der Waals surface area contributed by atoms with Crippen LogP contribution >= 0.6 is 0 Å². The van der Waals surface area contributed by atoms with Crippen LogP contribution in [0.25, 0.3) is 0 Å². The van der Waals surface area contributed by atoms with E-state index in [-0.39, 0.29) is 11.3 Å². The molecule has 0 aromatic carbocycles. The molecule has 2 unspecified atom stereocenters. The molecule has 2 bridgehead atoms. The van der Waals surface area contributed by atoms with E-state index in [9.17, 15) is 8.78 Å². The normalized spacial score (nSPS) is 36.2. The summed E-state index contributed by atoms with van der Waals surface area (Å²) in [5.74, 6) is 0.356. The van der Waals surface area contributed by atoms with Gasteiger partial charge in [-0.05, 0) is 17.8 Å². The van der Waals surface area contributed by atoms with Crippen LogP contribution in [0.15, 0.2) is 23.8 Å². The van der Waals surface area contributed by atoms with Crippen LogP contribution in [0.1, 0.15) is 20.3 Å². The van der Waals surface area contributed by atoms with Crippen molar-refractivity contribution in [2.45, 2.75) is 20.3 Å². The lowest BCUT2D eigenvalue weighted by Gasteiger charge is -2.28. The smallest absolute Gasteiger partial charge is 0.173 e. The third kappa shape index (κ3) is 0.809. The zero-order valence-electron chi connectivity index (χ0n) is 7.27. The van der Waals surface area contributed by atoms with E-state index in [1.165, 1.54) is 0 Å². The quantitative estimate of drug-likeness (QED) is 0.489.